The average molecular weight is 177 g/mol. The summed E-state index contributed by atoms with van der Waals surface area (Å²) in [5.41, 5.74) is 6.63. The summed E-state index contributed by atoms with van der Waals surface area (Å²) in [6.45, 7) is 1.71. The Labute approximate surface area is 73.7 Å². The van der Waals surface area contributed by atoms with E-state index in [4.69, 9.17) is 5.73 Å². The third-order valence-electron chi connectivity index (χ3n) is 1.64. The lowest BCUT2D eigenvalue weighted by Gasteiger charge is -2.01. The normalized spacial score (nSPS) is 10.5. The number of nitrogen functional groups attached to an aromatic ring is 1. The predicted octanol–water partition coefficient (Wildman–Crippen LogP) is -0.451. The lowest BCUT2D eigenvalue weighted by Crippen LogP contribution is -2.29. The Kier molecular flexibility index (Phi) is 1.48. The van der Waals surface area contributed by atoms with E-state index in [0.717, 1.165) is 0 Å². The number of aromatic nitrogens is 4. The third kappa shape index (κ3) is 1.12. The van der Waals surface area contributed by atoms with Gasteiger partial charge in [0.05, 0.1) is 0 Å². The second-order valence-corrected chi connectivity index (χ2v) is 2.64. The van der Waals surface area contributed by atoms with E-state index in [1.54, 1.807) is 6.92 Å². The van der Waals surface area contributed by atoms with Gasteiger partial charge in [0.2, 0.25) is 17.7 Å². The van der Waals surface area contributed by atoms with Crippen molar-refractivity contribution in [3.63, 3.8) is 0 Å². The zero-order valence-electron chi connectivity index (χ0n) is 6.93. The molecule has 2 aromatic heterocycles. The molecule has 2 N–H and O–H groups in total. The van der Waals surface area contributed by atoms with Crippen LogP contribution in [0.3, 0.4) is 0 Å². The fraction of sp³-hybridized carbons (Fsp3) is 0.143. The Morgan fingerprint density at radius 2 is 2.23 bits per heavy atom. The molecule has 66 valence electrons. The van der Waals surface area contributed by atoms with E-state index < -0.39 is 0 Å². The number of rotatable bonds is 0. The van der Waals surface area contributed by atoms with Crippen LogP contribution in [-0.2, 0) is 0 Å². The molecule has 0 aliphatic heterocycles. The maximum absolute atomic E-state index is 11.3. The van der Waals surface area contributed by atoms with E-state index >= 15 is 0 Å². The van der Waals surface area contributed by atoms with Crippen LogP contribution in [0.5, 0.6) is 0 Å². The molecule has 0 atom stereocenters. The summed E-state index contributed by atoms with van der Waals surface area (Å²) in [6.07, 6.45) is 2.62. The van der Waals surface area contributed by atoms with E-state index in [0.29, 0.717) is 16.1 Å². The number of aryl methyl sites for hydroxylation is 1. The molecular weight excluding hydrogens is 170 g/mol. The Hall–Kier alpha value is -1.98. The standard InChI is InChI=1S/C7H7N5O/c1-4-2-12(13)5-6(8)9-3-10-7(5)11-4/h2-3H,1H3,(H2,8,9,10,11). The maximum Gasteiger partial charge on any atom is 0.304 e. The van der Waals surface area contributed by atoms with E-state index in [9.17, 15) is 5.21 Å². The lowest BCUT2D eigenvalue weighted by molar-refractivity contribution is -0.577. The molecular formula is C7H7N5O. The molecule has 13 heavy (non-hydrogen) atoms. The summed E-state index contributed by atoms with van der Waals surface area (Å²) < 4.78 is 0.632. The zero-order valence-corrected chi connectivity index (χ0v) is 6.93. The van der Waals surface area contributed by atoms with Crippen molar-refractivity contribution in [2.45, 2.75) is 6.92 Å². The zero-order chi connectivity index (χ0) is 9.42. The first kappa shape index (κ1) is 7.66. The van der Waals surface area contributed by atoms with E-state index in [1.807, 2.05) is 0 Å². The minimum absolute atomic E-state index is 0.146. The van der Waals surface area contributed by atoms with Crippen molar-refractivity contribution in [2.75, 3.05) is 5.73 Å². The number of hydrogen-bond donors (Lipinski definition) is 1. The molecule has 0 amide bonds. The van der Waals surface area contributed by atoms with Crippen LogP contribution < -0.4 is 10.5 Å². The molecule has 0 unspecified atom stereocenters. The Bertz CT molecular complexity index is 470. The van der Waals surface area contributed by atoms with Gasteiger partial charge in [-0.3, -0.25) is 0 Å². The van der Waals surface area contributed by atoms with Crippen LogP contribution in [0.2, 0.25) is 0 Å². The second kappa shape index (κ2) is 2.51. The summed E-state index contributed by atoms with van der Waals surface area (Å²) in [4.78, 5) is 11.6. The van der Waals surface area contributed by atoms with Crippen molar-refractivity contribution >= 4 is 17.0 Å². The van der Waals surface area contributed by atoms with Gasteiger partial charge in [-0.15, -0.1) is 0 Å². The van der Waals surface area contributed by atoms with Crippen LogP contribution in [0.25, 0.3) is 11.2 Å². The van der Waals surface area contributed by atoms with Crippen molar-refractivity contribution < 1.29 is 4.73 Å². The quantitative estimate of drug-likeness (QED) is 0.434. The lowest BCUT2D eigenvalue weighted by atomic mass is 10.4. The summed E-state index contributed by atoms with van der Waals surface area (Å²) in [5, 5.41) is 11.3. The van der Waals surface area contributed by atoms with Crippen LogP contribution in [0.15, 0.2) is 12.5 Å². The monoisotopic (exact) mass is 177 g/mol. The number of fused-ring (bicyclic) bond motifs is 1. The Balaban J connectivity index is 2.94. The first-order valence-corrected chi connectivity index (χ1v) is 3.65. The SMILES string of the molecule is Cc1c[n+]([O-])c2c(N)ncnc2n1. The topological polar surface area (TPSA) is 91.6 Å². The number of nitrogens with zero attached hydrogens (tertiary/aromatic N) is 4. The molecule has 0 aromatic carbocycles. The van der Waals surface area contributed by atoms with Gasteiger partial charge in [0.15, 0.2) is 0 Å². The minimum Gasteiger partial charge on any atom is -0.618 e. The predicted molar refractivity (Wildman–Crippen MR) is 45.4 cm³/mol. The van der Waals surface area contributed by atoms with E-state index in [2.05, 4.69) is 15.0 Å². The van der Waals surface area contributed by atoms with E-state index in [-0.39, 0.29) is 11.3 Å². The Morgan fingerprint density at radius 3 is 3.00 bits per heavy atom. The third-order valence-corrected chi connectivity index (χ3v) is 1.64. The first-order chi connectivity index (χ1) is 6.18. The highest BCUT2D eigenvalue weighted by Gasteiger charge is 2.11. The van der Waals surface area contributed by atoms with Crippen LogP contribution in [-0.4, -0.2) is 15.0 Å². The highest BCUT2D eigenvalue weighted by Crippen LogP contribution is 2.08. The van der Waals surface area contributed by atoms with Gasteiger partial charge < -0.3 is 10.9 Å². The van der Waals surface area contributed by atoms with Crippen LogP contribution >= 0.6 is 0 Å². The van der Waals surface area contributed by atoms with Gasteiger partial charge in [-0.05, 0) is 6.92 Å². The molecule has 0 aliphatic rings. The summed E-state index contributed by atoms with van der Waals surface area (Å²) >= 11 is 0. The average Bonchev–Trinajstić information content (AvgIpc) is 2.02. The molecule has 2 rings (SSSR count). The van der Waals surface area contributed by atoms with Gasteiger partial charge in [-0.2, -0.15) is 4.73 Å². The summed E-state index contributed by atoms with van der Waals surface area (Å²) in [6, 6.07) is 0. The van der Waals surface area contributed by atoms with Crippen molar-refractivity contribution in [1.29, 1.82) is 0 Å². The molecule has 0 saturated heterocycles. The van der Waals surface area contributed by atoms with Gasteiger partial charge >= 0.3 is 5.52 Å². The molecule has 2 heterocycles. The number of nitrogens with two attached hydrogens (primary N) is 1. The fourth-order valence-corrected chi connectivity index (χ4v) is 1.11. The maximum atomic E-state index is 11.3. The molecule has 0 radical (unpaired) electrons. The summed E-state index contributed by atoms with van der Waals surface area (Å²) in [5.74, 6) is 0.146. The van der Waals surface area contributed by atoms with Crippen LogP contribution in [0.4, 0.5) is 5.82 Å². The van der Waals surface area contributed by atoms with Gasteiger partial charge in [-0.1, -0.05) is 0 Å². The molecule has 0 saturated carbocycles. The second-order valence-electron chi connectivity index (χ2n) is 2.64. The van der Waals surface area contributed by atoms with Gasteiger partial charge in [-0.25, -0.2) is 15.0 Å². The van der Waals surface area contributed by atoms with E-state index in [1.165, 1.54) is 12.5 Å². The number of hydrogen-bond acceptors (Lipinski definition) is 5. The molecule has 2 aromatic rings. The van der Waals surface area contributed by atoms with Gasteiger partial charge in [0.1, 0.15) is 12.0 Å². The van der Waals surface area contributed by atoms with Crippen molar-refractivity contribution in [2.24, 2.45) is 0 Å². The van der Waals surface area contributed by atoms with Crippen molar-refractivity contribution in [3.05, 3.63) is 23.4 Å². The highest BCUT2D eigenvalue weighted by atomic mass is 16.5. The fourth-order valence-electron chi connectivity index (χ4n) is 1.11. The molecule has 0 aliphatic carbocycles. The summed E-state index contributed by atoms with van der Waals surface area (Å²) in [7, 11) is 0. The highest BCUT2D eigenvalue weighted by molar-refractivity contribution is 5.76. The van der Waals surface area contributed by atoms with Crippen molar-refractivity contribution in [1.82, 2.24) is 15.0 Å². The molecule has 0 spiro atoms. The van der Waals surface area contributed by atoms with Crippen LogP contribution in [0, 0.1) is 12.1 Å². The molecule has 6 nitrogen and oxygen atoms in total. The largest absolute Gasteiger partial charge is 0.618 e. The molecule has 6 heteroatoms. The number of anilines is 1. The van der Waals surface area contributed by atoms with Crippen LogP contribution in [0.1, 0.15) is 5.69 Å². The van der Waals surface area contributed by atoms with Gasteiger partial charge in [0.25, 0.3) is 0 Å². The van der Waals surface area contributed by atoms with Gasteiger partial charge in [0, 0.05) is 0 Å². The first-order valence-electron chi connectivity index (χ1n) is 3.65. The molecule has 0 bridgehead atoms. The molecule has 0 fully saturated rings. The minimum atomic E-state index is 0.146. The Morgan fingerprint density at radius 1 is 1.46 bits per heavy atom. The van der Waals surface area contributed by atoms with Crippen molar-refractivity contribution in [3.8, 4) is 0 Å². The smallest absolute Gasteiger partial charge is 0.304 e.